The summed E-state index contributed by atoms with van der Waals surface area (Å²) in [7, 11) is 0. The topological polar surface area (TPSA) is 0 Å². The van der Waals surface area contributed by atoms with Crippen molar-refractivity contribution in [1.29, 1.82) is 0 Å². The van der Waals surface area contributed by atoms with Gasteiger partial charge in [-0.1, -0.05) is 0 Å². The molecule has 0 saturated heterocycles. The van der Waals surface area contributed by atoms with Gasteiger partial charge in [-0.15, -0.1) is 0 Å². The van der Waals surface area contributed by atoms with E-state index in [4.69, 9.17) is 0 Å². The van der Waals surface area contributed by atoms with Gasteiger partial charge in [0.05, 0.1) is 0 Å². The van der Waals surface area contributed by atoms with Crippen LogP contribution < -0.4 is 0 Å². The summed E-state index contributed by atoms with van der Waals surface area (Å²) < 4.78 is 0. The van der Waals surface area contributed by atoms with Crippen LogP contribution in [-0.4, -0.2) is 0 Å². The predicted molar refractivity (Wildman–Crippen MR) is 51.4 cm³/mol. The standard InChI is InChI=1S/C14H16/c1-7-8(1)10-3-12(10)5-14(12)6-13(14)4-11(13)2-9(7)11/h7-10H,1-6H2. The van der Waals surface area contributed by atoms with Crippen LogP contribution in [-0.2, 0) is 0 Å². The fourth-order valence-corrected chi connectivity index (χ4v) is 7.69. The summed E-state index contributed by atoms with van der Waals surface area (Å²) in [4.78, 5) is 0. The lowest BCUT2D eigenvalue weighted by molar-refractivity contribution is 0.434. The smallest absolute Gasteiger partial charge is 0.0164 e. The fraction of sp³-hybridized carbons (Fsp3) is 1.00. The predicted octanol–water partition coefficient (Wildman–Crippen LogP) is 2.83. The molecule has 0 heterocycles. The van der Waals surface area contributed by atoms with E-state index in [2.05, 4.69) is 0 Å². The molecule has 7 aliphatic rings. The molecule has 0 aromatic rings. The van der Waals surface area contributed by atoms with E-state index in [1.807, 2.05) is 0 Å². The van der Waals surface area contributed by atoms with Gasteiger partial charge in [0, 0.05) is 0 Å². The van der Waals surface area contributed by atoms with E-state index in [1.54, 1.807) is 38.5 Å². The van der Waals surface area contributed by atoms with Crippen LogP contribution in [0, 0.1) is 45.3 Å². The molecule has 0 bridgehead atoms. The molecular formula is C14H16. The van der Waals surface area contributed by atoms with Crippen molar-refractivity contribution in [2.24, 2.45) is 45.3 Å². The van der Waals surface area contributed by atoms with Crippen molar-refractivity contribution in [3.05, 3.63) is 0 Å². The molecule has 0 heteroatoms. The maximum Gasteiger partial charge on any atom is -0.0164 e. The van der Waals surface area contributed by atoms with Crippen LogP contribution in [0.5, 0.6) is 0 Å². The number of hydrogen-bond donors (Lipinski definition) is 0. The van der Waals surface area contributed by atoms with Gasteiger partial charge in [-0.3, -0.25) is 0 Å². The van der Waals surface area contributed by atoms with Crippen molar-refractivity contribution >= 4 is 0 Å². The monoisotopic (exact) mass is 184 g/mol. The first kappa shape index (κ1) is 5.92. The molecular weight excluding hydrogens is 168 g/mol. The first-order valence-corrected chi connectivity index (χ1v) is 6.79. The highest BCUT2D eigenvalue weighted by molar-refractivity contribution is 5.54. The van der Waals surface area contributed by atoms with Crippen LogP contribution in [0.25, 0.3) is 0 Å². The summed E-state index contributed by atoms with van der Waals surface area (Å²) in [5.41, 5.74) is 4.08. The van der Waals surface area contributed by atoms with E-state index < -0.39 is 0 Å². The van der Waals surface area contributed by atoms with Gasteiger partial charge in [0.15, 0.2) is 0 Å². The Kier molecular flexibility index (Phi) is 0.448. The molecule has 14 heavy (non-hydrogen) atoms. The van der Waals surface area contributed by atoms with Crippen LogP contribution in [0.15, 0.2) is 0 Å². The fourth-order valence-electron chi connectivity index (χ4n) is 7.69. The summed E-state index contributed by atoms with van der Waals surface area (Å²) in [5.74, 6) is 5.06. The first-order chi connectivity index (χ1) is 6.79. The van der Waals surface area contributed by atoms with E-state index in [0.717, 1.165) is 21.7 Å². The third-order valence-electron chi connectivity index (χ3n) is 8.48. The summed E-state index contributed by atoms with van der Waals surface area (Å²) in [5, 5.41) is 0. The van der Waals surface area contributed by atoms with Gasteiger partial charge in [-0.05, 0) is 83.9 Å². The molecule has 0 aromatic heterocycles. The Morgan fingerprint density at radius 2 is 1.29 bits per heavy atom. The van der Waals surface area contributed by atoms with E-state index >= 15 is 0 Å². The molecule has 7 aliphatic carbocycles. The Morgan fingerprint density at radius 1 is 0.714 bits per heavy atom. The van der Waals surface area contributed by atoms with Gasteiger partial charge in [0.2, 0.25) is 0 Å². The minimum Gasteiger partial charge on any atom is -0.0465 e. The van der Waals surface area contributed by atoms with Crippen molar-refractivity contribution in [3.8, 4) is 0 Å². The van der Waals surface area contributed by atoms with Crippen molar-refractivity contribution in [3.63, 3.8) is 0 Å². The highest BCUT2D eigenvalue weighted by Crippen LogP contribution is 3.13. The summed E-state index contributed by atoms with van der Waals surface area (Å²) >= 11 is 0. The second-order valence-corrected chi connectivity index (χ2v) is 8.19. The average Bonchev–Trinajstić information content (AvgIpc) is 2.95. The van der Waals surface area contributed by atoms with Crippen molar-refractivity contribution < 1.29 is 0 Å². The molecule has 0 radical (unpaired) electrons. The third kappa shape index (κ3) is 0.288. The van der Waals surface area contributed by atoms with Gasteiger partial charge in [-0.2, -0.15) is 0 Å². The van der Waals surface area contributed by atoms with Crippen molar-refractivity contribution in [2.45, 2.75) is 38.5 Å². The largest absolute Gasteiger partial charge is 0.0465 e. The van der Waals surface area contributed by atoms with Crippen molar-refractivity contribution in [1.82, 2.24) is 0 Å². The average molecular weight is 184 g/mol. The van der Waals surface area contributed by atoms with Gasteiger partial charge >= 0.3 is 0 Å². The summed E-state index contributed by atoms with van der Waals surface area (Å²) in [6.45, 7) is 0. The summed E-state index contributed by atoms with van der Waals surface area (Å²) in [6.07, 6.45) is 10.2. The quantitative estimate of drug-likeness (QED) is 0.543. The number of rotatable bonds is 0. The van der Waals surface area contributed by atoms with E-state index in [1.165, 1.54) is 23.7 Å². The Labute approximate surface area is 84.4 Å². The number of hydrogen-bond acceptors (Lipinski definition) is 0. The normalized spacial score (nSPS) is 96.0. The van der Waals surface area contributed by atoms with Crippen LogP contribution in [0.1, 0.15) is 38.5 Å². The van der Waals surface area contributed by atoms with Gasteiger partial charge < -0.3 is 0 Å². The Bertz CT molecular complexity index is 413. The Hall–Kier alpha value is 0. The molecule has 0 aliphatic heterocycles. The van der Waals surface area contributed by atoms with Gasteiger partial charge in [0.1, 0.15) is 0 Å². The van der Waals surface area contributed by atoms with E-state index in [9.17, 15) is 0 Å². The van der Waals surface area contributed by atoms with Crippen molar-refractivity contribution in [2.75, 3.05) is 0 Å². The highest BCUT2D eigenvalue weighted by Gasteiger charge is 3.06. The molecule has 72 valence electrons. The molecule has 0 N–H and O–H groups in total. The molecule has 8 unspecified atom stereocenters. The zero-order chi connectivity index (χ0) is 8.55. The van der Waals surface area contributed by atoms with Crippen LogP contribution in [0.4, 0.5) is 0 Å². The first-order valence-electron chi connectivity index (χ1n) is 6.79. The highest BCUT2D eigenvalue weighted by atomic mass is 15.1. The lowest BCUT2D eigenvalue weighted by Gasteiger charge is -2.02. The van der Waals surface area contributed by atoms with Gasteiger partial charge in [0.25, 0.3) is 0 Å². The second-order valence-electron chi connectivity index (χ2n) is 8.19. The van der Waals surface area contributed by atoms with E-state index in [-0.39, 0.29) is 0 Å². The van der Waals surface area contributed by atoms with Crippen LogP contribution in [0.3, 0.4) is 0 Å². The molecule has 4 spiro atoms. The maximum absolute atomic E-state index is 1.71. The Morgan fingerprint density at radius 3 is 1.86 bits per heavy atom. The molecule has 7 saturated carbocycles. The lowest BCUT2D eigenvalue weighted by atomic mass is 10.0. The molecule has 0 amide bonds. The zero-order valence-electron chi connectivity index (χ0n) is 8.55. The maximum atomic E-state index is 1.71. The SMILES string of the molecule is C1C2C1C1CC13CC31CC13CC31CC21. The molecule has 0 nitrogen and oxygen atoms in total. The molecule has 8 atom stereocenters. The molecule has 0 aromatic carbocycles. The minimum absolute atomic E-state index is 1.02. The van der Waals surface area contributed by atoms with E-state index in [0.29, 0.717) is 0 Å². The molecule has 7 fully saturated rings. The third-order valence-corrected chi connectivity index (χ3v) is 8.48. The zero-order valence-corrected chi connectivity index (χ0v) is 8.55. The lowest BCUT2D eigenvalue weighted by Crippen LogP contribution is -2.00. The second kappa shape index (κ2) is 1.06. The minimum atomic E-state index is 1.02. The van der Waals surface area contributed by atoms with Crippen LogP contribution in [0.2, 0.25) is 0 Å². The van der Waals surface area contributed by atoms with Gasteiger partial charge in [-0.25, -0.2) is 0 Å². The number of fused-ring (bicyclic) bond motifs is 3. The molecule has 7 rings (SSSR count). The Balaban J connectivity index is 1.55. The van der Waals surface area contributed by atoms with Crippen LogP contribution >= 0.6 is 0 Å². The summed E-state index contributed by atoms with van der Waals surface area (Å²) in [6, 6.07) is 0.